The predicted molar refractivity (Wildman–Crippen MR) is 102 cm³/mol. The van der Waals surface area contributed by atoms with Gasteiger partial charge in [-0.1, -0.05) is 18.2 Å². The topological polar surface area (TPSA) is 44.3 Å². The van der Waals surface area contributed by atoms with Crippen molar-refractivity contribution in [1.29, 1.82) is 0 Å². The summed E-state index contributed by atoms with van der Waals surface area (Å²) in [6.45, 7) is 5.13. The largest absolute Gasteiger partial charge is 0.374 e. The lowest BCUT2D eigenvalue weighted by atomic mass is 9.90. The van der Waals surface area contributed by atoms with E-state index >= 15 is 0 Å². The zero-order chi connectivity index (χ0) is 17.1. The van der Waals surface area contributed by atoms with Crippen molar-refractivity contribution in [2.75, 3.05) is 43.0 Å². The fraction of sp³-hybridized carbons (Fsp3) is 0.500. The number of benzene rings is 1. The van der Waals surface area contributed by atoms with Gasteiger partial charge < -0.3 is 15.1 Å². The van der Waals surface area contributed by atoms with Gasteiger partial charge in [-0.3, -0.25) is 0 Å². The van der Waals surface area contributed by atoms with E-state index in [1.807, 2.05) is 12.4 Å². The highest BCUT2D eigenvalue weighted by Crippen LogP contribution is 2.33. The van der Waals surface area contributed by atoms with Gasteiger partial charge in [0.1, 0.15) is 0 Å². The monoisotopic (exact) mass is 337 g/mol. The van der Waals surface area contributed by atoms with E-state index in [4.69, 9.17) is 0 Å². The highest BCUT2D eigenvalue weighted by molar-refractivity contribution is 5.56. The summed E-state index contributed by atoms with van der Waals surface area (Å²) in [5.74, 6) is 1.46. The molecule has 2 aliphatic heterocycles. The molecule has 1 saturated heterocycles. The van der Waals surface area contributed by atoms with Crippen molar-refractivity contribution in [1.82, 2.24) is 15.3 Å². The first-order valence-corrected chi connectivity index (χ1v) is 9.38. The number of hydrogen-bond donors (Lipinski definition) is 1. The summed E-state index contributed by atoms with van der Waals surface area (Å²) in [7, 11) is 2.18. The molecule has 1 N–H and O–H groups in total. The number of nitrogens with one attached hydrogen (secondary N) is 1. The zero-order valence-corrected chi connectivity index (χ0v) is 15.0. The standard InChI is InChI=1S/C20H27N5/c1-24-11-8-17(18-6-2-3-7-19(18)24)15-21-12-16-13-22-20(23-14-16)25-9-4-5-10-25/h2-3,6-7,13-14,17,21H,4-5,8-12,15H2,1H3. The van der Waals surface area contributed by atoms with Gasteiger partial charge in [0.15, 0.2) is 0 Å². The average molecular weight is 337 g/mol. The van der Waals surface area contributed by atoms with Gasteiger partial charge in [-0.05, 0) is 30.9 Å². The van der Waals surface area contributed by atoms with E-state index in [9.17, 15) is 0 Å². The number of aromatic nitrogens is 2. The van der Waals surface area contributed by atoms with Crippen molar-refractivity contribution < 1.29 is 0 Å². The van der Waals surface area contributed by atoms with Gasteiger partial charge in [-0.15, -0.1) is 0 Å². The molecule has 2 aromatic rings. The van der Waals surface area contributed by atoms with E-state index in [1.165, 1.54) is 30.5 Å². The molecule has 1 aromatic carbocycles. The molecule has 25 heavy (non-hydrogen) atoms. The van der Waals surface area contributed by atoms with Crippen molar-refractivity contribution in [3.8, 4) is 0 Å². The van der Waals surface area contributed by atoms with Gasteiger partial charge in [-0.2, -0.15) is 0 Å². The first kappa shape index (κ1) is 16.3. The van der Waals surface area contributed by atoms with Gasteiger partial charge in [0.2, 0.25) is 5.95 Å². The van der Waals surface area contributed by atoms with Crippen molar-refractivity contribution in [3.63, 3.8) is 0 Å². The van der Waals surface area contributed by atoms with Gasteiger partial charge in [0, 0.05) is 69.3 Å². The molecule has 4 rings (SSSR count). The SMILES string of the molecule is CN1CCC(CNCc2cnc(N3CCCC3)nc2)c2ccccc21. The summed E-state index contributed by atoms with van der Waals surface area (Å²) in [6, 6.07) is 8.78. The molecule has 132 valence electrons. The molecule has 1 aromatic heterocycles. The molecule has 0 saturated carbocycles. The quantitative estimate of drug-likeness (QED) is 0.909. The third kappa shape index (κ3) is 3.61. The Bertz CT molecular complexity index is 693. The normalized spacial score (nSPS) is 20.0. The fourth-order valence-electron chi connectivity index (χ4n) is 3.93. The van der Waals surface area contributed by atoms with Crippen LogP contribution in [0, 0.1) is 0 Å². The number of anilines is 2. The average Bonchev–Trinajstić information content (AvgIpc) is 3.19. The maximum atomic E-state index is 4.54. The molecule has 0 aliphatic carbocycles. The molecule has 5 nitrogen and oxygen atoms in total. The summed E-state index contributed by atoms with van der Waals surface area (Å²) in [5.41, 5.74) is 3.99. The Morgan fingerprint density at radius 2 is 1.84 bits per heavy atom. The van der Waals surface area contributed by atoms with Crippen molar-refractivity contribution in [2.24, 2.45) is 0 Å². The lowest BCUT2D eigenvalue weighted by molar-refractivity contribution is 0.533. The summed E-state index contributed by atoms with van der Waals surface area (Å²) >= 11 is 0. The van der Waals surface area contributed by atoms with E-state index < -0.39 is 0 Å². The Labute approximate surface area is 150 Å². The van der Waals surface area contributed by atoms with Crippen LogP contribution in [0.2, 0.25) is 0 Å². The van der Waals surface area contributed by atoms with E-state index in [-0.39, 0.29) is 0 Å². The molecule has 1 fully saturated rings. The van der Waals surface area contributed by atoms with E-state index in [0.29, 0.717) is 5.92 Å². The second-order valence-electron chi connectivity index (χ2n) is 7.18. The maximum absolute atomic E-state index is 4.54. The Morgan fingerprint density at radius 3 is 2.64 bits per heavy atom. The van der Waals surface area contributed by atoms with Gasteiger partial charge in [-0.25, -0.2) is 9.97 Å². The molecule has 1 atom stereocenters. The highest BCUT2D eigenvalue weighted by Gasteiger charge is 2.22. The second-order valence-corrected chi connectivity index (χ2v) is 7.18. The summed E-state index contributed by atoms with van der Waals surface area (Å²) in [5, 5.41) is 3.60. The number of rotatable bonds is 5. The number of para-hydroxylation sites is 1. The van der Waals surface area contributed by atoms with Crippen LogP contribution < -0.4 is 15.1 Å². The van der Waals surface area contributed by atoms with Crippen LogP contribution >= 0.6 is 0 Å². The molecule has 3 heterocycles. The van der Waals surface area contributed by atoms with Crippen LogP contribution in [0.15, 0.2) is 36.7 Å². The number of nitrogens with zero attached hydrogens (tertiary/aromatic N) is 4. The third-order valence-electron chi connectivity index (χ3n) is 5.40. The molecule has 0 bridgehead atoms. The fourth-order valence-corrected chi connectivity index (χ4v) is 3.93. The minimum absolute atomic E-state index is 0.581. The van der Waals surface area contributed by atoms with Crippen LogP contribution in [0.25, 0.3) is 0 Å². The summed E-state index contributed by atoms with van der Waals surface area (Å²) in [6.07, 6.45) is 7.65. The van der Waals surface area contributed by atoms with Gasteiger partial charge in [0.05, 0.1) is 0 Å². The molecule has 0 amide bonds. The summed E-state index contributed by atoms with van der Waals surface area (Å²) < 4.78 is 0. The minimum Gasteiger partial charge on any atom is -0.374 e. The van der Waals surface area contributed by atoms with Crippen molar-refractivity contribution >= 4 is 11.6 Å². The van der Waals surface area contributed by atoms with Crippen molar-refractivity contribution in [2.45, 2.75) is 31.7 Å². The van der Waals surface area contributed by atoms with Gasteiger partial charge in [0.25, 0.3) is 0 Å². The van der Waals surface area contributed by atoms with Crippen LogP contribution in [-0.4, -0.2) is 43.2 Å². The molecular formula is C20H27N5. The first-order chi connectivity index (χ1) is 12.3. The van der Waals surface area contributed by atoms with Crippen LogP contribution in [0.4, 0.5) is 11.6 Å². The highest BCUT2D eigenvalue weighted by atomic mass is 15.3. The lowest BCUT2D eigenvalue weighted by Crippen LogP contribution is -2.31. The van der Waals surface area contributed by atoms with Crippen LogP contribution in [-0.2, 0) is 6.54 Å². The summed E-state index contributed by atoms with van der Waals surface area (Å²) in [4.78, 5) is 13.7. The van der Waals surface area contributed by atoms with Crippen LogP contribution in [0.1, 0.15) is 36.3 Å². The Morgan fingerprint density at radius 1 is 1.08 bits per heavy atom. The molecule has 0 spiro atoms. The minimum atomic E-state index is 0.581. The molecular weight excluding hydrogens is 310 g/mol. The lowest BCUT2D eigenvalue weighted by Gasteiger charge is -2.33. The molecule has 5 heteroatoms. The predicted octanol–water partition coefficient (Wildman–Crippen LogP) is 2.79. The van der Waals surface area contributed by atoms with E-state index in [0.717, 1.165) is 44.2 Å². The van der Waals surface area contributed by atoms with Gasteiger partial charge >= 0.3 is 0 Å². The second kappa shape index (κ2) is 7.40. The first-order valence-electron chi connectivity index (χ1n) is 9.38. The number of fused-ring (bicyclic) bond motifs is 1. The Hall–Kier alpha value is -2.14. The number of hydrogen-bond acceptors (Lipinski definition) is 5. The molecule has 2 aliphatic rings. The van der Waals surface area contributed by atoms with Crippen molar-refractivity contribution in [3.05, 3.63) is 47.8 Å². The van der Waals surface area contributed by atoms with Crippen LogP contribution in [0.3, 0.4) is 0 Å². The maximum Gasteiger partial charge on any atom is 0.225 e. The van der Waals surface area contributed by atoms with Crippen LogP contribution in [0.5, 0.6) is 0 Å². The third-order valence-corrected chi connectivity index (χ3v) is 5.40. The smallest absolute Gasteiger partial charge is 0.225 e. The Kier molecular flexibility index (Phi) is 4.83. The van der Waals surface area contributed by atoms with E-state index in [1.54, 1.807) is 0 Å². The molecule has 0 radical (unpaired) electrons. The Balaban J connectivity index is 1.33. The van der Waals surface area contributed by atoms with E-state index in [2.05, 4.69) is 56.4 Å². The zero-order valence-electron chi connectivity index (χ0n) is 15.0. The molecule has 1 unspecified atom stereocenters.